The average molecular weight is 303 g/mol. The number of rotatable bonds is 0. The van der Waals surface area contributed by atoms with Crippen LogP contribution in [-0.2, 0) is 0 Å². The third-order valence-electron chi connectivity index (χ3n) is 0.709. The van der Waals surface area contributed by atoms with E-state index in [-0.39, 0.29) is 0 Å². The van der Waals surface area contributed by atoms with Crippen molar-refractivity contribution in [2.24, 2.45) is 4.52 Å². The molecule has 0 spiro atoms. The molecule has 0 bridgehead atoms. The number of halogens is 6. The second kappa shape index (κ2) is 2.44. The number of hydrogen-bond donors (Lipinski definition) is 0. The summed E-state index contributed by atoms with van der Waals surface area (Å²) in [5.74, 6) is -2.66. The summed E-state index contributed by atoms with van der Waals surface area (Å²) in [6.07, 6.45) is 0. The molecular weight excluding hydrogens is 303 g/mol. The maximum atomic E-state index is 5.54. The Kier molecular flexibility index (Phi) is 2.55. The van der Waals surface area contributed by atoms with E-state index in [1.165, 1.54) is 0 Å². The molecule has 0 saturated heterocycles. The molecule has 10 heavy (non-hydrogen) atoms. The molecule has 0 fully saturated rings. The molecule has 1 aliphatic rings. The summed E-state index contributed by atoms with van der Waals surface area (Å²) in [6.45, 7) is 0. The van der Waals surface area contributed by atoms with Crippen molar-refractivity contribution in [3.63, 3.8) is 0 Å². The van der Waals surface area contributed by atoms with Crippen LogP contribution in [0.25, 0.3) is 0 Å². The summed E-state index contributed by atoms with van der Waals surface area (Å²) in [4.78, 5) is -3.72. The molecule has 1 rings (SSSR count). The SMILES string of the molecule is ClN1P(Cl)(Cl)=NP1(Cl)(Cl)Cl. The van der Waals surface area contributed by atoms with Crippen LogP contribution in [0.1, 0.15) is 0 Å². The molecule has 0 aliphatic carbocycles. The van der Waals surface area contributed by atoms with Crippen LogP contribution in [0.3, 0.4) is 0 Å². The summed E-state index contributed by atoms with van der Waals surface area (Å²) in [7, 11) is 0. The van der Waals surface area contributed by atoms with Crippen LogP contribution in [0.5, 0.6) is 0 Å². The van der Waals surface area contributed by atoms with Crippen molar-refractivity contribution < 1.29 is 0 Å². The molecule has 0 saturated carbocycles. The van der Waals surface area contributed by atoms with Crippen molar-refractivity contribution in [1.29, 1.82) is 0 Å². The molecule has 0 atom stereocenters. The fraction of sp³-hybridized carbons (Fsp3) is 0. The van der Waals surface area contributed by atoms with Crippen LogP contribution >= 0.6 is 78.9 Å². The van der Waals surface area contributed by atoms with Gasteiger partial charge >= 0.3 is 87.3 Å². The first-order valence-electron chi connectivity index (χ1n) is 1.81. The molecule has 0 unspecified atom stereocenters. The van der Waals surface area contributed by atoms with E-state index in [1.54, 1.807) is 0 Å². The Labute approximate surface area is 86.8 Å². The molecule has 62 valence electrons. The van der Waals surface area contributed by atoms with E-state index < -0.39 is 10.9 Å². The van der Waals surface area contributed by atoms with Gasteiger partial charge in [-0.1, -0.05) is 0 Å². The monoisotopic (exact) mass is 300 g/mol. The second-order valence-corrected chi connectivity index (χ2v) is 17.2. The average Bonchev–Trinajstić information content (AvgIpc) is 1.60. The number of nitrogens with zero attached hydrogens (tertiary/aromatic N) is 2. The fourth-order valence-electron chi connectivity index (χ4n) is 0.375. The van der Waals surface area contributed by atoms with Crippen LogP contribution in [0.2, 0.25) is 0 Å². The molecule has 0 radical (unpaired) electrons. The van der Waals surface area contributed by atoms with Crippen molar-refractivity contribution in [2.75, 3.05) is 0 Å². The van der Waals surface area contributed by atoms with E-state index in [0.29, 0.717) is 0 Å². The van der Waals surface area contributed by atoms with Crippen LogP contribution < -0.4 is 0 Å². The van der Waals surface area contributed by atoms with Crippen molar-refractivity contribution in [3.8, 4) is 0 Å². The molecular formula is Cl6N2P2. The zero-order valence-corrected chi connectivity index (χ0v) is 10.4. The van der Waals surface area contributed by atoms with Crippen molar-refractivity contribution in [1.82, 2.24) is 3.96 Å². The van der Waals surface area contributed by atoms with Gasteiger partial charge in [-0.15, -0.1) is 0 Å². The van der Waals surface area contributed by atoms with E-state index in [1.807, 2.05) is 0 Å². The summed E-state index contributed by atoms with van der Waals surface area (Å²) in [6, 6.07) is 0. The van der Waals surface area contributed by atoms with Gasteiger partial charge in [0.05, 0.1) is 0 Å². The van der Waals surface area contributed by atoms with Crippen molar-refractivity contribution in [2.45, 2.75) is 0 Å². The molecule has 0 aromatic rings. The summed E-state index contributed by atoms with van der Waals surface area (Å²) in [5.41, 5.74) is 0. The molecule has 0 aromatic heterocycles. The van der Waals surface area contributed by atoms with E-state index in [9.17, 15) is 0 Å². The van der Waals surface area contributed by atoms with Gasteiger partial charge in [0, 0.05) is 0 Å². The third kappa shape index (κ3) is 1.66. The van der Waals surface area contributed by atoms with E-state index in [2.05, 4.69) is 4.52 Å². The quantitative estimate of drug-likeness (QED) is 0.412. The summed E-state index contributed by atoms with van der Waals surface area (Å²) >= 11 is 33.1. The molecule has 1 heterocycles. The summed E-state index contributed by atoms with van der Waals surface area (Å²) < 4.78 is 4.39. The predicted octanol–water partition coefficient (Wildman–Crippen LogP) is 5.72. The van der Waals surface area contributed by atoms with Crippen LogP contribution in [0.15, 0.2) is 4.52 Å². The maximum absolute atomic E-state index is 5.54. The first-order chi connectivity index (χ1) is 4.14. The van der Waals surface area contributed by atoms with Gasteiger partial charge in [0.25, 0.3) is 0 Å². The molecule has 0 amide bonds. The van der Waals surface area contributed by atoms with Crippen LogP contribution in [0, 0.1) is 0 Å². The Hall–Kier alpha value is 2.36. The van der Waals surface area contributed by atoms with Gasteiger partial charge in [0.2, 0.25) is 0 Å². The fourth-order valence-corrected chi connectivity index (χ4v) is 17.7. The number of hydrogen-bond acceptors (Lipinski definition) is 2. The Morgan fingerprint density at radius 2 is 1.60 bits per heavy atom. The Balaban J connectivity index is 3.12. The van der Waals surface area contributed by atoms with Crippen LogP contribution in [0.4, 0.5) is 0 Å². The van der Waals surface area contributed by atoms with Crippen molar-refractivity contribution in [3.05, 3.63) is 0 Å². The van der Waals surface area contributed by atoms with Gasteiger partial charge in [0.15, 0.2) is 0 Å². The predicted molar refractivity (Wildman–Crippen MR) is 53.2 cm³/mol. The normalized spacial score (nSPS) is 38.4. The minimum atomic E-state index is -3.72. The van der Waals surface area contributed by atoms with E-state index >= 15 is 0 Å². The third-order valence-corrected chi connectivity index (χ3v) is 15.0. The zero-order valence-electron chi connectivity index (χ0n) is 4.06. The molecule has 0 N–H and O–H groups in total. The van der Waals surface area contributed by atoms with Gasteiger partial charge < -0.3 is 0 Å². The van der Waals surface area contributed by atoms with E-state index in [4.69, 9.17) is 68.0 Å². The Bertz CT molecular complexity index is 218. The van der Waals surface area contributed by atoms with Gasteiger partial charge in [0.1, 0.15) is 0 Å². The molecule has 10 heteroatoms. The van der Waals surface area contributed by atoms with Gasteiger partial charge in [-0.05, 0) is 0 Å². The molecule has 1 aliphatic heterocycles. The van der Waals surface area contributed by atoms with Crippen LogP contribution in [-0.4, -0.2) is 3.96 Å². The zero-order chi connectivity index (χ0) is 8.23. The van der Waals surface area contributed by atoms with Gasteiger partial charge in [-0.25, -0.2) is 0 Å². The minimum absolute atomic E-state index is 0.826. The molecule has 0 aromatic carbocycles. The first-order valence-corrected chi connectivity index (χ1v) is 10.5. The standard InChI is InChI=1S/Cl6N2P2/c1-8-9(2,3)7-10(8,4,5)6. The summed E-state index contributed by atoms with van der Waals surface area (Å²) in [5, 5.41) is 0. The Morgan fingerprint density at radius 3 is 1.60 bits per heavy atom. The second-order valence-electron chi connectivity index (χ2n) is 1.52. The topological polar surface area (TPSA) is 15.6 Å². The van der Waals surface area contributed by atoms with Gasteiger partial charge in [-0.3, -0.25) is 0 Å². The first kappa shape index (κ1) is 10.4. The van der Waals surface area contributed by atoms with E-state index in [0.717, 1.165) is 3.96 Å². The van der Waals surface area contributed by atoms with Gasteiger partial charge in [-0.2, -0.15) is 0 Å². The molecule has 2 nitrogen and oxygen atoms in total. The van der Waals surface area contributed by atoms with Crippen molar-refractivity contribution >= 4 is 78.9 Å². The Morgan fingerprint density at radius 1 is 1.20 bits per heavy atom.